The SMILES string of the molecule is Cc1cccnc1N(S)C(C)/C=C\C=C/C(C)C. The minimum Gasteiger partial charge on any atom is -0.296 e. The van der Waals surface area contributed by atoms with Gasteiger partial charge in [-0.25, -0.2) is 4.98 Å². The predicted octanol–water partition coefficient (Wildman–Crippen LogP) is 4.20. The first-order valence-corrected chi connectivity index (χ1v) is 6.67. The molecule has 0 aliphatic carbocycles. The van der Waals surface area contributed by atoms with E-state index in [4.69, 9.17) is 0 Å². The van der Waals surface area contributed by atoms with Gasteiger partial charge < -0.3 is 0 Å². The van der Waals surface area contributed by atoms with Gasteiger partial charge in [-0.15, -0.1) is 0 Å². The van der Waals surface area contributed by atoms with Crippen molar-refractivity contribution in [2.24, 2.45) is 5.92 Å². The van der Waals surface area contributed by atoms with E-state index in [9.17, 15) is 0 Å². The summed E-state index contributed by atoms with van der Waals surface area (Å²) in [5.41, 5.74) is 1.13. The molecule has 0 spiro atoms. The molecule has 0 amide bonds. The zero-order chi connectivity index (χ0) is 13.5. The van der Waals surface area contributed by atoms with E-state index in [1.165, 1.54) is 0 Å². The molecule has 0 saturated carbocycles. The predicted molar refractivity (Wildman–Crippen MR) is 83.0 cm³/mol. The Kier molecular flexibility index (Phi) is 5.99. The van der Waals surface area contributed by atoms with Crippen LogP contribution in [0, 0.1) is 12.8 Å². The molecule has 0 aliphatic rings. The lowest BCUT2D eigenvalue weighted by molar-refractivity contribution is 0.831. The summed E-state index contributed by atoms with van der Waals surface area (Å²) in [7, 11) is 0. The lowest BCUT2D eigenvalue weighted by Gasteiger charge is -2.23. The number of nitrogens with zero attached hydrogens (tertiary/aromatic N) is 2. The topological polar surface area (TPSA) is 16.1 Å². The molecule has 0 fully saturated rings. The summed E-state index contributed by atoms with van der Waals surface area (Å²) in [6.45, 7) is 8.47. The zero-order valence-corrected chi connectivity index (χ0v) is 12.4. The molecule has 1 unspecified atom stereocenters. The second kappa shape index (κ2) is 7.27. The zero-order valence-electron chi connectivity index (χ0n) is 11.5. The van der Waals surface area contributed by atoms with Gasteiger partial charge in [0, 0.05) is 6.20 Å². The Morgan fingerprint density at radius 1 is 1.22 bits per heavy atom. The third-order valence-corrected chi connectivity index (χ3v) is 3.14. The quantitative estimate of drug-likeness (QED) is 0.632. The van der Waals surface area contributed by atoms with Crippen molar-refractivity contribution in [1.82, 2.24) is 4.98 Å². The lowest BCUT2D eigenvalue weighted by atomic mass is 10.2. The van der Waals surface area contributed by atoms with Gasteiger partial charge in [-0.3, -0.25) is 4.31 Å². The maximum Gasteiger partial charge on any atom is 0.141 e. The molecule has 1 heterocycles. The standard InChI is InChI=1S/C15H22N2S/c1-12(2)8-5-6-10-14(4)17(18)15-13(3)9-7-11-16-15/h5-12,14,18H,1-4H3/b8-5-,10-6-. The molecule has 1 atom stereocenters. The molecular weight excluding hydrogens is 240 g/mol. The number of pyridine rings is 1. The van der Waals surface area contributed by atoms with Crippen molar-refractivity contribution in [3.05, 3.63) is 48.2 Å². The van der Waals surface area contributed by atoms with Gasteiger partial charge in [0.25, 0.3) is 0 Å². The lowest BCUT2D eigenvalue weighted by Crippen LogP contribution is -2.23. The molecule has 1 aromatic heterocycles. The molecule has 0 N–H and O–H groups in total. The van der Waals surface area contributed by atoms with Crippen LogP contribution in [0.1, 0.15) is 26.3 Å². The average molecular weight is 262 g/mol. The van der Waals surface area contributed by atoms with Gasteiger partial charge in [0.1, 0.15) is 5.82 Å². The number of aryl methyl sites for hydroxylation is 1. The molecular formula is C15H22N2S. The number of allylic oxidation sites excluding steroid dienone is 3. The highest BCUT2D eigenvalue weighted by molar-refractivity contribution is 7.81. The van der Waals surface area contributed by atoms with Crippen molar-refractivity contribution in [3.8, 4) is 0 Å². The fourth-order valence-corrected chi connectivity index (χ4v) is 1.79. The molecule has 0 saturated heterocycles. The van der Waals surface area contributed by atoms with Gasteiger partial charge in [0.05, 0.1) is 6.04 Å². The Balaban J connectivity index is 2.67. The number of thiol groups is 1. The van der Waals surface area contributed by atoms with Crippen LogP contribution in [0.3, 0.4) is 0 Å². The Morgan fingerprint density at radius 2 is 1.89 bits per heavy atom. The van der Waals surface area contributed by atoms with Crippen LogP contribution in [0.4, 0.5) is 5.82 Å². The Bertz CT molecular complexity index is 424. The highest BCUT2D eigenvalue weighted by atomic mass is 32.1. The number of rotatable bonds is 5. The van der Waals surface area contributed by atoms with Gasteiger partial charge >= 0.3 is 0 Å². The van der Waals surface area contributed by atoms with E-state index in [1.54, 1.807) is 6.20 Å². The first-order chi connectivity index (χ1) is 8.52. The van der Waals surface area contributed by atoms with Crippen molar-refractivity contribution < 1.29 is 0 Å². The van der Waals surface area contributed by atoms with E-state index in [0.29, 0.717) is 5.92 Å². The van der Waals surface area contributed by atoms with E-state index >= 15 is 0 Å². The van der Waals surface area contributed by atoms with Gasteiger partial charge in [0.2, 0.25) is 0 Å². The molecule has 18 heavy (non-hydrogen) atoms. The second-order valence-electron chi connectivity index (χ2n) is 4.74. The number of anilines is 1. The number of hydrogen-bond donors (Lipinski definition) is 1. The fraction of sp³-hybridized carbons (Fsp3) is 0.400. The molecule has 0 aliphatic heterocycles. The number of hydrogen-bond acceptors (Lipinski definition) is 3. The Hall–Kier alpha value is -1.22. The van der Waals surface area contributed by atoms with E-state index in [2.05, 4.69) is 62.9 Å². The first-order valence-electron chi connectivity index (χ1n) is 6.27. The van der Waals surface area contributed by atoms with Gasteiger partial charge in [0.15, 0.2) is 0 Å². The van der Waals surface area contributed by atoms with Crippen LogP contribution in [-0.4, -0.2) is 11.0 Å². The molecule has 0 aromatic carbocycles. The minimum absolute atomic E-state index is 0.193. The third kappa shape index (κ3) is 4.57. The minimum atomic E-state index is 0.193. The van der Waals surface area contributed by atoms with Crippen molar-refractivity contribution in [2.45, 2.75) is 33.7 Å². The summed E-state index contributed by atoms with van der Waals surface area (Å²) in [4.78, 5) is 4.35. The smallest absolute Gasteiger partial charge is 0.141 e. The van der Waals surface area contributed by atoms with Crippen LogP contribution >= 0.6 is 12.8 Å². The molecule has 3 heteroatoms. The van der Waals surface area contributed by atoms with Crippen LogP contribution in [-0.2, 0) is 0 Å². The fourth-order valence-electron chi connectivity index (χ4n) is 1.50. The van der Waals surface area contributed by atoms with Crippen molar-refractivity contribution in [3.63, 3.8) is 0 Å². The molecule has 98 valence electrons. The van der Waals surface area contributed by atoms with Gasteiger partial charge in [-0.05, 0) is 31.4 Å². The first kappa shape index (κ1) is 14.8. The van der Waals surface area contributed by atoms with Gasteiger partial charge in [-0.2, -0.15) is 0 Å². The van der Waals surface area contributed by atoms with E-state index < -0.39 is 0 Å². The molecule has 1 aromatic rings. The van der Waals surface area contributed by atoms with E-state index in [1.807, 2.05) is 23.4 Å². The van der Waals surface area contributed by atoms with Crippen molar-refractivity contribution in [2.75, 3.05) is 4.31 Å². The van der Waals surface area contributed by atoms with Crippen LogP contribution in [0.25, 0.3) is 0 Å². The molecule has 1 rings (SSSR count). The van der Waals surface area contributed by atoms with E-state index in [-0.39, 0.29) is 6.04 Å². The largest absolute Gasteiger partial charge is 0.296 e. The molecule has 0 radical (unpaired) electrons. The maximum absolute atomic E-state index is 4.52. The third-order valence-electron chi connectivity index (χ3n) is 2.58. The van der Waals surface area contributed by atoms with Crippen molar-refractivity contribution >= 4 is 18.6 Å². The maximum atomic E-state index is 4.52. The van der Waals surface area contributed by atoms with Crippen LogP contribution in [0.15, 0.2) is 42.6 Å². The summed E-state index contributed by atoms with van der Waals surface area (Å²) in [6, 6.07) is 4.17. The van der Waals surface area contributed by atoms with Crippen LogP contribution < -0.4 is 4.31 Å². The second-order valence-corrected chi connectivity index (χ2v) is 5.17. The summed E-state index contributed by atoms with van der Waals surface area (Å²) >= 11 is 4.52. The Labute approximate surface area is 116 Å². The van der Waals surface area contributed by atoms with E-state index in [0.717, 1.165) is 11.4 Å². The summed E-state index contributed by atoms with van der Waals surface area (Å²) in [5.74, 6) is 1.49. The Morgan fingerprint density at radius 3 is 2.50 bits per heavy atom. The van der Waals surface area contributed by atoms with Crippen molar-refractivity contribution in [1.29, 1.82) is 0 Å². The average Bonchev–Trinajstić information content (AvgIpc) is 2.34. The van der Waals surface area contributed by atoms with Gasteiger partial charge in [-0.1, -0.05) is 57.0 Å². The van der Waals surface area contributed by atoms with Crippen LogP contribution in [0.5, 0.6) is 0 Å². The summed E-state index contributed by atoms with van der Waals surface area (Å²) in [6.07, 6.45) is 10.2. The molecule has 2 nitrogen and oxygen atoms in total. The highest BCUT2D eigenvalue weighted by Gasteiger charge is 2.10. The molecule has 0 bridgehead atoms. The summed E-state index contributed by atoms with van der Waals surface area (Å²) in [5, 5.41) is 0. The summed E-state index contributed by atoms with van der Waals surface area (Å²) < 4.78 is 1.88. The monoisotopic (exact) mass is 262 g/mol. The van der Waals surface area contributed by atoms with Crippen LogP contribution in [0.2, 0.25) is 0 Å². The normalized spacial score (nSPS) is 13.7. The highest BCUT2D eigenvalue weighted by Crippen LogP contribution is 2.20. The number of aromatic nitrogens is 1.